The van der Waals surface area contributed by atoms with E-state index in [2.05, 4.69) is 77.0 Å². The van der Waals surface area contributed by atoms with Gasteiger partial charge < -0.3 is 15.4 Å². The number of halogens is 1. The number of carbonyl (C=O) groups excluding carboxylic acids is 1. The molecule has 1 aromatic heterocycles. The lowest BCUT2D eigenvalue weighted by molar-refractivity contribution is -0.168. The number of carboxylic acid groups (broad SMARTS) is 1. The fourth-order valence-corrected chi connectivity index (χ4v) is 12.5. The molecule has 0 bridgehead atoms. The Morgan fingerprint density at radius 3 is 2.45 bits per heavy atom. The van der Waals surface area contributed by atoms with E-state index in [4.69, 9.17) is 11.6 Å². The summed E-state index contributed by atoms with van der Waals surface area (Å²) in [6, 6.07) is 6.30. The maximum absolute atomic E-state index is 13.9. The molecule has 5 aliphatic carbocycles. The van der Waals surface area contributed by atoms with Crippen LogP contribution in [0.25, 0.3) is 10.9 Å². The molecule has 7 rings (SSSR count). The molecule has 3 fully saturated rings. The van der Waals surface area contributed by atoms with Gasteiger partial charge in [-0.1, -0.05) is 71.7 Å². The Balaban J connectivity index is 1.32. The standard InChI is InChI=1S/C38H51ClN2O3/c1-33(2)14-16-38(32(44)40-21-30(42)43)17-15-36(6)25(26(38)20-33)9-11-29-35(5)19-24-23-18-22(39)8-10-27(23)41-31(24)34(3,4)28(35)12-13-37(29,36)7/h8-10,18,26,28-29,41H,11-17,19-21H2,1-7H3,(H,40,44)(H,42,43)/t26-,28-,29+,35-,36+,37+,38-/m0/s1. The normalized spacial score (nSPS) is 40.0. The van der Waals surface area contributed by atoms with E-state index in [0.29, 0.717) is 11.8 Å². The molecule has 3 N–H and O–H groups in total. The van der Waals surface area contributed by atoms with E-state index < -0.39 is 11.4 Å². The second kappa shape index (κ2) is 9.39. The molecule has 0 spiro atoms. The molecule has 238 valence electrons. The lowest BCUT2D eigenvalue weighted by Gasteiger charge is -2.70. The maximum Gasteiger partial charge on any atom is 0.322 e. The Bertz CT molecular complexity index is 1600. The third kappa shape index (κ3) is 3.89. The molecule has 5 nitrogen and oxygen atoms in total. The molecule has 6 heteroatoms. The topological polar surface area (TPSA) is 82.2 Å². The summed E-state index contributed by atoms with van der Waals surface area (Å²) in [5, 5.41) is 14.3. The van der Waals surface area contributed by atoms with Gasteiger partial charge in [-0.15, -0.1) is 0 Å². The smallest absolute Gasteiger partial charge is 0.322 e. The Labute approximate surface area is 268 Å². The highest BCUT2D eigenvalue weighted by Gasteiger charge is 2.69. The highest BCUT2D eigenvalue weighted by Crippen LogP contribution is 2.75. The first-order chi connectivity index (χ1) is 20.5. The van der Waals surface area contributed by atoms with Gasteiger partial charge >= 0.3 is 5.97 Å². The molecular weight excluding hydrogens is 568 g/mol. The summed E-state index contributed by atoms with van der Waals surface area (Å²) in [6.45, 7) is 17.1. The Morgan fingerprint density at radius 2 is 1.73 bits per heavy atom. The quantitative estimate of drug-likeness (QED) is 0.301. The van der Waals surface area contributed by atoms with Gasteiger partial charge in [-0.2, -0.15) is 0 Å². The minimum Gasteiger partial charge on any atom is -0.480 e. The van der Waals surface area contributed by atoms with Gasteiger partial charge in [-0.3, -0.25) is 9.59 Å². The van der Waals surface area contributed by atoms with Crippen molar-refractivity contribution in [1.82, 2.24) is 10.3 Å². The summed E-state index contributed by atoms with van der Waals surface area (Å²) in [4.78, 5) is 29.2. The van der Waals surface area contributed by atoms with Crippen molar-refractivity contribution in [2.24, 2.45) is 44.8 Å². The van der Waals surface area contributed by atoms with Crippen molar-refractivity contribution in [3.8, 4) is 0 Å². The van der Waals surface area contributed by atoms with E-state index >= 15 is 0 Å². The molecule has 0 radical (unpaired) electrons. The van der Waals surface area contributed by atoms with E-state index in [1.165, 1.54) is 40.6 Å². The predicted molar refractivity (Wildman–Crippen MR) is 177 cm³/mol. The second-order valence-electron chi connectivity index (χ2n) is 17.5. The molecule has 2 aromatic rings. The number of fused-ring (bicyclic) bond motifs is 10. The highest BCUT2D eigenvalue weighted by atomic mass is 35.5. The van der Waals surface area contributed by atoms with E-state index in [0.717, 1.165) is 50.0 Å². The van der Waals surface area contributed by atoms with E-state index in [9.17, 15) is 14.7 Å². The zero-order valence-corrected chi connectivity index (χ0v) is 28.5. The Hall–Kier alpha value is -2.27. The van der Waals surface area contributed by atoms with E-state index in [-0.39, 0.29) is 45.4 Å². The zero-order valence-electron chi connectivity index (χ0n) is 27.8. The molecule has 44 heavy (non-hydrogen) atoms. The van der Waals surface area contributed by atoms with Gasteiger partial charge in [-0.05, 0) is 121 Å². The predicted octanol–water partition coefficient (Wildman–Crippen LogP) is 8.84. The number of aromatic nitrogens is 1. The first kappa shape index (κ1) is 30.4. The van der Waals surface area contributed by atoms with Crippen LogP contribution in [0.4, 0.5) is 0 Å². The number of allylic oxidation sites excluding steroid dienone is 2. The first-order valence-corrected chi connectivity index (χ1v) is 17.4. The number of hydrogen-bond acceptors (Lipinski definition) is 2. The number of benzene rings is 1. The molecule has 0 saturated heterocycles. The molecule has 0 aliphatic heterocycles. The highest BCUT2D eigenvalue weighted by molar-refractivity contribution is 6.31. The number of carbonyl (C=O) groups is 2. The number of aliphatic carboxylic acids is 1. The van der Waals surface area contributed by atoms with Crippen molar-refractivity contribution in [3.05, 3.63) is 46.1 Å². The minimum atomic E-state index is -0.976. The Kier molecular flexibility index (Phi) is 6.49. The van der Waals surface area contributed by atoms with Crippen molar-refractivity contribution in [3.63, 3.8) is 0 Å². The van der Waals surface area contributed by atoms with Crippen LogP contribution in [0, 0.1) is 44.8 Å². The third-order valence-electron chi connectivity index (χ3n) is 14.7. The fraction of sp³-hybridized carbons (Fsp3) is 0.684. The van der Waals surface area contributed by atoms with Crippen molar-refractivity contribution >= 4 is 34.4 Å². The fourth-order valence-electron chi connectivity index (χ4n) is 12.3. The van der Waals surface area contributed by atoms with Crippen molar-refractivity contribution < 1.29 is 14.7 Å². The number of amides is 1. The van der Waals surface area contributed by atoms with Crippen LogP contribution < -0.4 is 5.32 Å². The van der Waals surface area contributed by atoms with Crippen molar-refractivity contribution in [2.75, 3.05) is 6.54 Å². The molecule has 5 aliphatic rings. The zero-order chi connectivity index (χ0) is 31.7. The van der Waals surface area contributed by atoms with Crippen molar-refractivity contribution in [2.45, 2.75) is 112 Å². The molecule has 0 unspecified atom stereocenters. The van der Waals surface area contributed by atoms with E-state index in [1.807, 2.05) is 6.07 Å². The summed E-state index contributed by atoms with van der Waals surface area (Å²) in [7, 11) is 0. The van der Waals surface area contributed by atoms with Crippen LogP contribution in [0.3, 0.4) is 0 Å². The molecule has 1 amide bonds. The average Bonchev–Trinajstić information content (AvgIpc) is 3.29. The van der Waals surface area contributed by atoms with Gasteiger partial charge in [0, 0.05) is 27.0 Å². The lowest BCUT2D eigenvalue weighted by atomic mass is 9.33. The number of nitrogens with one attached hydrogen (secondary N) is 2. The van der Waals surface area contributed by atoms with Gasteiger partial charge in [-0.25, -0.2) is 0 Å². The van der Waals surface area contributed by atoms with Crippen LogP contribution in [0.2, 0.25) is 5.02 Å². The van der Waals surface area contributed by atoms with Crippen LogP contribution in [0.15, 0.2) is 29.8 Å². The molecular formula is C38H51ClN2O3. The van der Waals surface area contributed by atoms with Crippen LogP contribution >= 0.6 is 11.6 Å². The minimum absolute atomic E-state index is 0.00645. The van der Waals surface area contributed by atoms with Crippen molar-refractivity contribution in [1.29, 1.82) is 0 Å². The van der Waals surface area contributed by atoms with Gasteiger partial charge in [0.1, 0.15) is 6.54 Å². The lowest BCUT2D eigenvalue weighted by Crippen LogP contribution is -2.65. The van der Waals surface area contributed by atoms with Gasteiger partial charge in [0.2, 0.25) is 5.91 Å². The number of aromatic amines is 1. The molecule has 1 aromatic carbocycles. The maximum atomic E-state index is 13.9. The monoisotopic (exact) mass is 618 g/mol. The van der Waals surface area contributed by atoms with Crippen LogP contribution in [-0.2, 0) is 21.4 Å². The number of hydrogen-bond donors (Lipinski definition) is 3. The first-order valence-electron chi connectivity index (χ1n) is 17.0. The third-order valence-corrected chi connectivity index (χ3v) is 14.9. The average molecular weight is 619 g/mol. The molecule has 1 heterocycles. The SMILES string of the molecule is CC1(C)CC[C@]2(C(=O)NCC(=O)O)CC[C@]3(C)C(=CC[C@@H]4[C@@]5(C)Cc6c([nH]c7ccc(Cl)cc67)C(C)(C)[C@@H]5CC[C@]43C)[C@@H]2C1. The second-order valence-corrected chi connectivity index (χ2v) is 18.0. The van der Waals surface area contributed by atoms with Crippen LogP contribution in [0.5, 0.6) is 0 Å². The van der Waals surface area contributed by atoms with Crippen LogP contribution in [0.1, 0.15) is 111 Å². The Morgan fingerprint density at radius 1 is 1.00 bits per heavy atom. The van der Waals surface area contributed by atoms with Crippen LogP contribution in [-0.4, -0.2) is 28.5 Å². The summed E-state index contributed by atoms with van der Waals surface area (Å²) < 4.78 is 0. The molecule has 7 atom stereocenters. The number of H-pyrrole nitrogens is 1. The van der Waals surface area contributed by atoms with E-state index in [1.54, 1.807) is 0 Å². The summed E-state index contributed by atoms with van der Waals surface area (Å²) in [6.07, 6.45) is 11.8. The van der Waals surface area contributed by atoms with Gasteiger partial charge in [0.05, 0.1) is 5.41 Å². The van der Waals surface area contributed by atoms with Gasteiger partial charge in [0.15, 0.2) is 0 Å². The number of carboxylic acids is 1. The largest absolute Gasteiger partial charge is 0.480 e. The van der Waals surface area contributed by atoms with Gasteiger partial charge in [0.25, 0.3) is 0 Å². The molecule has 3 saturated carbocycles. The summed E-state index contributed by atoms with van der Waals surface area (Å²) in [5.74, 6) is 0.249. The number of rotatable bonds is 3. The summed E-state index contributed by atoms with van der Waals surface area (Å²) >= 11 is 6.55. The summed E-state index contributed by atoms with van der Waals surface area (Å²) in [5.41, 5.74) is 5.49.